The highest BCUT2D eigenvalue weighted by Gasteiger charge is 2.32. The van der Waals surface area contributed by atoms with Crippen molar-refractivity contribution >= 4 is 28.9 Å². The molecule has 4 N–H and O–H groups in total. The van der Waals surface area contributed by atoms with E-state index in [2.05, 4.69) is 32.8 Å². The number of piperidine rings is 1. The van der Waals surface area contributed by atoms with E-state index in [1.54, 1.807) is 0 Å². The van der Waals surface area contributed by atoms with Gasteiger partial charge in [-0.3, -0.25) is 4.79 Å². The van der Waals surface area contributed by atoms with Crippen LogP contribution in [0.3, 0.4) is 0 Å². The van der Waals surface area contributed by atoms with Crippen LogP contribution in [-0.4, -0.2) is 34.7 Å². The summed E-state index contributed by atoms with van der Waals surface area (Å²) < 4.78 is 53.5. The first kappa shape index (κ1) is 31.1. The number of aromatic nitrogens is 1. The molecule has 4 rings (SSSR count). The predicted octanol–water partition coefficient (Wildman–Crippen LogP) is 6.98. The second-order valence-electron chi connectivity index (χ2n) is 9.88. The van der Waals surface area contributed by atoms with Crippen molar-refractivity contribution in [1.29, 1.82) is 0 Å². The van der Waals surface area contributed by atoms with Crippen molar-refractivity contribution in [2.75, 3.05) is 23.7 Å². The van der Waals surface area contributed by atoms with E-state index in [4.69, 9.17) is 10.7 Å². The van der Waals surface area contributed by atoms with Crippen LogP contribution in [0.25, 0.3) is 5.70 Å². The van der Waals surface area contributed by atoms with Crippen molar-refractivity contribution in [3.63, 3.8) is 0 Å². The predicted molar refractivity (Wildman–Crippen MR) is 161 cm³/mol. The maximum Gasteiger partial charge on any atom is 0.417 e. The largest absolute Gasteiger partial charge is 0.417 e. The van der Waals surface area contributed by atoms with E-state index in [1.165, 1.54) is 12.1 Å². The van der Waals surface area contributed by atoms with Crippen molar-refractivity contribution in [2.45, 2.75) is 38.9 Å². The number of hydrogen-bond donors (Lipinski definition) is 3. The third kappa shape index (κ3) is 8.11. The third-order valence-electron chi connectivity index (χ3n) is 6.86. The minimum absolute atomic E-state index is 0.0340. The van der Waals surface area contributed by atoms with Gasteiger partial charge in [-0.25, -0.2) is 14.4 Å². The topological polar surface area (TPSA) is 95.6 Å². The third-order valence-corrected chi connectivity index (χ3v) is 6.86. The molecule has 3 aromatic rings. The van der Waals surface area contributed by atoms with E-state index in [0.29, 0.717) is 23.4 Å². The number of nitrogens with one attached hydrogen (secondary N) is 2. The molecule has 0 spiro atoms. The second kappa shape index (κ2) is 13.8. The van der Waals surface area contributed by atoms with Crippen LogP contribution in [0, 0.1) is 5.82 Å². The molecule has 0 saturated carbocycles. The van der Waals surface area contributed by atoms with Gasteiger partial charge >= 0.3 is 6.18 Å². The zero-order chi connectivity index (χ0) is 31.0. The zero-order valence-electron chi connectivity index (χ0n) is 23.6. The molecule has 11 heteroatoms. The van der Waals surface area contributed by atoms with Crippen LogP contribution in [0.1, 0.15) is 53.2 Å². The summed E-state index contributed by atoms with van der Waals surface area (Å²) in [6.45, 7) is 7.44. The molecule has 1 aliphatic rings. The molecule has 1 aromatic heterocycles. The van der Waals surface area contributed by atoms with Crippen molar-refractivity contribution < 1.29 is 22.4 Å². The number of anilines is 2. The van der Waals surface area contributed by atoms with E-state index >= 15 is 0 Å². The number of nitrogens with zero attached hydrogens (tertiary/aromatic N) is 3. The Bertz CT molecular complexity index is 1550. The van der Waals surface area contributed by atoms with Gasteiger partial charge in [-0.15, -0.1) is 0 Å². The first-order valence-electron chi connectivity index (χ1n) is 13.7. The van der Waals surface area contributed by atoms with Gasteiger partial charge in [0.15, 0.2) is 5.84 Å². The Kier molecular flexibility index (Phi) is 10.0. The standard InChI is InChI=1S/C32H32F4N6O/c1-3-27(37)30(42-16-6-5-7-17-42)41-28(4-2)22-10-8-21(9-11-22)19-38-29-26(18-23(20-39-29)32(34,35)36)31(43)40-25-14-12-24(33)13-15-25/h4,8-15,18,20H,1,5-7,16-17,19,37H2,2H3,(H,38,39)(H,40,43)/b28-4-,41-30?. The van der Waals surface area contributed by atoms with E-state index in [9.17, 15) is 22.4 Å². The molecule has 224 valence electrons. The molecule has 2 aromatic carbocycles. The smallest absolute Gasteiger partial charge is 0.389 e. The summed E-state index contributed by atoms with van der Waals surface area (Å²) in [7, 11) is 0. The highest BCUT2D eigenvalue weighted by atomic mass is 19.4. The number of pyridine rings is 1. The molecule has 2 heterocycles. The SMILES string of the molecule is C=C=C(N)C(=N/C(=C\C)c1ccc(CNc2ncc(C(F)(F)F)cc2C(=O)Nc2ccc(F)cc2)cc1)N1CCCCC1. The van der Waals surface area contributed by atoms with E-state index in [0.717, 1.165) is 61.7 Å². The fourth-order valence-corrected chi connectivity index (χ4v) is 4.54. The monoisotopic (exact) mass is 592 g/mol. The average molecular weight is 593 g/mol. The van der Waals surface area contributed by atoms with Crippen LogP contribution in [0.4, 0.5) is 29.1 Å². The molecule has 0 aliphatic carbocycles. The first-order chi connectivity index (χ1) is 20.6. The van der Waals surface area contributed by atoms with Gasteiger partial charge in [-0.05, 0) is 67.6 Å². The minimum atomic E-state index is -4.70. The summed E-state index contributed by atoms with van der Waals surface area (Å²) in [6.07, 6.45) is 1.13. The number of benzene rings is 2. The fourth-order valence-electron chi connectivity index (χ4n) is 4.54. The van der Waals surface area contributed by atoms with Crippen LogP contribution in [0.5, 0.6) is 0 Å². The van der Waals surface area contributed by atoms with Crippen LogP contribution in [0.15, 0.2) is 89.9 Å². The normalized spacial score (nSPS) is 14.2. The number of amidine groups is 1. The summed E-state index contributed by atoms with van der Waals surface area (Å²) in [4.78, 5) is 23.8. The number of nitrogens with two attached hydrogens (primary N) is 1. The van der Waals surface area contributed by atoms with Crippen molar-refractivity contribution in [3.8, 4) is 0 Å². The molecular formula is C32H32F4N6O. The maximum atomic E-state index is 13.4. The number of alkyl halides is 3. The Morgan fingerprint density at radius 2 is 1.79 bits per heavy atom. The van der Waals surface area contributed by atoms with Gasteiger partial charge in [0, 0.05) is 31.5 Å². The number of rotatable bonds is 8. The van der Waals surface area contributed by atoms with Gasteiger partial charge in [0.1, 0.15) is 17.3 Å². The molecule has 1 fully saturated rings. The van der Waals surface area contributed by atoms with Gasteiger partial charge in [0.05, 0.1) is 16.8 Å². The van der Waals surface area contributed by atoms with Gasteiger partial charge in [-0.1, -0.05) is 42.7 Å². The quantitative estimate of drug-likeness (QED) is 0.114. The fraction of sp³-hybridized carbons (Fsp3) is 0.250. The van der Waals surface area contributed by atoms with Crippen molar-refractivity contribution in [1.82, 2.24) is 9.88 Å². The van der Waals surface area contributed by atoms with E-state index < -0.39 is 23.5 Å². The molecule has 0 radical (unpaired) electrons. The van der Waals surface area contributed by atoms with Crippen LogP contribution >= 0.6 is 0 Å². The maximum absolute atomic E-state index is 13.4. The number of aliphatic imine (C=N–C) groups is 1. The zero-order valence-corrected chi connectivity index (χ0v) is 23.6. The lowest BCUT2D eigenvalue weighted by molar-refractivity contribution is -0.137. The molecule has 1 aliphatic heterocycles. The van der Waals surface area contributed by atoms with E-state index in [-0.39, 0.29) is 23.6 Å². The lowest BCUT2D eigenvalue weighted by Crippen LogP contribution is -2.38. The van der Waals surface area contributed by atoms with Crippen molar-refractivity contribution in [3.05, 3.63) is 113 Å². The van der Waals surface area contributed by atoms with Crippen LogP contribution < -0.4 is 16.4 Å². The van der Waals surface area contributed by atoms with Gasteiger partial charge in [-0.2, -0.15) is 13.2 Å². The van der Waals surface area contributed by atoms with Gasteiger partial charge in [0.2, 0.25) is 0 Å². The summed E-state index contributed by atoms with van der Waals surface area (Å²) in [5.41, 5.74) is 10.5. The lowest BCUT2D eigenvalue weighted by Gasteiger charge is -2.29. The van der Waals surface area contributed by atoms with Crippen LogP contribution in [0.2, 0.25) is 0 Å². The average Bonchev–Trinajstić information content (AvgIpc) is 3.01. The highest BCUT2D eigenvalue weighted by molar-refractivity contribution is 6.07. The number of allylic oxidation sites excluding steroid dienone is 1. The molecule has 0 bridgehead atoms. The van der Waals surface area contributed by atoms with Gasteiger partial charge in [0.25, 0.3) is 5.91 Å². The Balaban J connectivity index is 1.53. The van der Waals surface area contributed by atoms with Gasteiger partial charge < -0.3 is 21.3 Å². The Hall–Kier alpha value is -4.89. The Morgan fingerprint density at radius 3 is 2.40 bits per heavy atom. The molecule has 7 nitrogen and oxygen atoms in total. The molecule has 0 unspecified atom stereocenters. The lowest BCUT2D eigenvalue weighted by atomic mass is 10.1. The number of likely N-dealkylation sites (tertiary alicyclic amines) is 1. The summed E-state index contributed by atoms with van der Waals surface area (Å²) in [6, 6.07) is 13.1. The number of amides is 1. The molecule has 0 atom stereocenters. The van der Waals surface area contributed by atoms with Crippen molar-refractivity contribution in [2.24, 2.45) is 10.7 Å². The number of hydrogen-bond acceptors (Lipinski definition) is 5. The molecule has 1 amide bonds. The summed E-state index contributed by atoms with van der Waals surface area (Å²) in [5.74, 6) is -0.738. The Labute approximate surface area is 247 Å². The first-order valence-corrected chi connectivity index (χ1v) is 13.7. The molecular weight excluding hydrogens is 560 g/mol. The number of halogens is 4. The minimum Gasteiger partial charge on any atom is -0.389 e. The highest BCUT2D eigenvalue weighted by Crippen LogP contribution is 2.31. The van der Waals surface area contributed by atoms with E-state index in [1.807, 2.05) is 37.3 Å². The Morgan fingerprint density at radius 1 is 1.12 bits per heavy atom. The number of carbonyl (C=O) groups is 1. The molecule has 1 saturated heterocycles. The number of carbonyl (C=O) groups excluding carboxylic acids is 1. The molecule has 43 heavy (non-hydrogen) atoms. The second-order valence-corrected chi connectivity index (χ2v) is 9.88. The van der Waals surface area contributed by atoms with Crippen LogP contribution in [-0.2, 0) is 12.7 Å². The summed E-state index contributed by atoms with van der Waals surface area (Å²) >= 11 is 0. The summed E-state index contributed by atoms with van der Waals surface area (Å²) in [5, 5.41) is 5.45.